The first-order valence-electron chi connectivity index (χ1n) is 7.74. The van der Waals surface area contributed by atoms with Crippen LogP contribution in [0.3, 0.4) is 0 Å². The zero-order valence-corrected chi connectivity index (χ0v) is 13.0. The Bertz CT molecular complexity index is 838. The van der Waals surface area contributed by atoms with Crippen LogP contribution in [0.25, 0.3) is 22.5 Å². The molecule has 0 aliphatic rings. The van der Waals surface area contributed by atoms with Gasteiger partial charge in [0.1, 0.15) is 0 Å². The summed E-state index contributed by atoms with van der Waals surface area (Å²) in [7, 11) is 0. The van der Waals surface area contributed by atoms with Gasteiger partial charge in [-0.15, -0.1) is 0 Å². The second-order valence-corrected chi connectivity index (χ2v) is 5.41. The van der Waals surface area contributed by atoms with E-state index >= 15 is 0 Å². The van der Waals surface area contributed by atoms with E-state index in [1.165, 1.54) is 11.1 Å². The molecule has 114 valence electrons. The Morgan fingerprint density at radius 1 is 0.542 bits per heavy atom. The third kappa shape index (κ3) is 2.90. The molecule has 0 unspecified atom stereocenters. The van der Waals surface area contributed by atoms with E-state index in [9.17, 15) is 0 Å². The largest absolute Gasteiger partial charge is 0.258 e. The van der Waals surface area contributed by atoms with Gasteiger partial charge < -0.3 is 0 Å². The molecule has 4 nitrogen and oxygen atoms in total. The van der Waals surface area contributed by atoms with Crippen LogP contribution in [0.5, 0.6) is 0 Å². The van der Waals surface area contributed by atoms with Crippen molar-refractivity contribution in [2.45, 2.75) is 0 Å². The van der Waals surface area contributed by atoms with Gasteiger partial charge in [0.25, 0.3) is 0 Å². The van der Waals surface area contributed by atoms with Gasteiger partial charge in [-0.1, -0.05) is 0 Å². The average molecular weight is 312 g/mol. The molecule has 0 N–H and O–H groups in total. The minimum Gasteiger partial charge on any atom is -0.258 e. The van der Waals surface area contributed by atoms with Gasteiger partial charge in [-0.3, -0.25) is 9.97 Å². The Morgan fingerprint density at radius 2 is 0.958 bits per heavy atom. The van der Waals surface area contributed by atoms with Crippen molar-refractivity contribution < 1.29 is 9.13 Å². The van der Waals surface area contributed by atoms with Crippen molar-refractivity contribution >= 4 is 0 Å². The summed E-state index contributed by atoms with van der Waals surface area (Å²) in [5.41, 5.74) is 4.44. The van der Waals surface area contributed by atoms with Crippen molar-refractivity contribution in [2.75, 3.05) is 0 Å². The van der Waals surface area contributed by atoms with Crippen LogP contribution in [-0.4, -0.2) is 9.97 Å². The first kappa shape index (κ1) is 14.2. The molecule has 0 amide bonds. The fourth-order valence-electron chi connectivity index (χ4n) is 2.60. The molecule has 4 heterocycles. The summed E-state index contributed by atoms with van der Waals surface area (Å²) < 4.78 is 4.10. The third-order valence-electron chi connectivity index (χ3n) is 3.88. The minimum absolute atomic E-state index is 1.05. The number of nitrogens with zero attached hydrogens (tertiary/aromatic N) is 4. The summed E-state index contributed by atoms with van der Waals surface area (Å²) >= 11 is 0. The van der Waals surface area contributed by atoms with Crippen LogP contribution in [0.1, 0.15) is 0 Å². The normalized spacial score (nSPS) is 10.5. The van der Waals surface area contributed by atoms with Crippen molar-refractivity contribution in [2.24, 2.45) is 0 Å². The molecule has 4 rings (SSSR count). The summed E-state index contributed by atoms with van der Waals surface area (Å²) in [5, 5.41) is 0. The van der Waals surface area contributed by atoms with Gasteiger partial charge in [-0.25, -0.2) is 0 Å². The maximum Gasteiger partial charge on any atom is 0.229 e. The highest BCUT2D eigenvalue weighted by Gasteiger charge is 2.09. The van der Waals surface area contributed by atoms with Crippen LogP contribution in [0.15, 0.2) is 98.1 Å². The monoisotopic (exact) mass is 312 g/mol. The molecule has 24 heavy (non-hydrogen) atoms. The molecular formula is C20H16N4+2. The number of pyridine rings is 4. The maximum absolute atomic E-state index is 4.15. The lowest BCUT2D eigenvalue weighted by Crippen LogP contribution is -2.29. The Morgan fingerprint density at radius 3 is 1.29 bits per heavy atom. The summed E-state index contributed by atoms with van der Waals surface area (Å²) in [6.45, 7) is 0. The Labute approximate surface area is 140 Å². The van der Waals surface area contributed by atoms with Gasteiger partial charge in [-0.2, -0.15) is 9.13 Å². The molecule has 0 spiro atoms. The Kier molecular flexibility index (Phi) is 3.78. The van der Waals surface area contributed by atoms with Crippen molar-refractivity contribution in [1.82, 2.24) is 9.97 Å². The zero-order chi connectivity index (χ0) is 16.2. The van der Waals surface area contributed by atoms with Crippen molar-refractivity contribution in [3.05, 3.63) is 98.1 Å². The van der Waals surface area contributed by atoms with E-state index < -0.39 is 0 Å². The second kappa shape index (κ2) is 6.38. The fourth-order valence-corrected chi connectivity index (χ4v) is 2.60. The van der Waals surface area contributed by atoms with Crippen LogP contribution in [-0.2, 0) is 0 Å². The van der Waals surface area contributed by atoms with E-state index in [-0.39, 0.29) is 0 Å². The van der Waals surface area contributed by atoms with Gasteiger partial charge in [0, 0.05) is 48.8 Å². The first-order chi connectivity index (χ1) is 11.9. The second-order valence-electron chi connectivity index (χ2n) is 5.41. The molecule has 0 fully saturated rings. The van der Waals surface area contributed by atoms with Gasteiger partial charge >= 0.3 is 0 Å². The van der Waals surface area contributed by atoms with E-state index in [1.54, 1.807) is 12.4 Å². The van der Waals surface area contributed by atoms with Gasteiger partial charge in [0.2, 0.25) is 11.4 Å². The molecule has 4 heteroatoms. The van der Waals surface area contributed by atoms with Gasteiger partial charge in [0.15, 0.2) is 24.8 Å². The minimum atomic E-state index is 1.05. The molecule has 0 atom stereocenters. The molecule has 0 saturated carbocycles. The summed E-state index contributed by atoms with van der Waals surface area (Å²) in [5.74, 6) is 0. The van der Waals surface area contributed by atoms with E-state index in [0.29, 0.717) is 0 Å². The lowest BCUT2D eigenvalue weighted by Gasteiger charge is -2.01. The van der Waals surface area contributed by atoms with E-state index in [0.717, 1.165) is 11.4 Å². The molecule has 0 bridgehead atoms. The van der Waals surface area contributed by atoms with E-state index in [4.69, 9.17) is 0 Å². The topological polar surface area (TPSA) is 33.5 Å². The smallest absolute Gasteiger partial charge is 0.229 e. The zero-order valence-electron chi connectivity index (χ0n) is 13.0. The predicted molar refractivity (Wildman–Crippen MR) is 90.5 cm³/mol. The quantitative estimate of drug-likeness (QED) is 0.545. The lowest BCUT2D eigenvalue weighted by atomic mass is 10.1. The highest BCUT2D eigenvalue weighted by atomic mass is 15.0. The summed E-state index contributed by atoms with van der Waals surface area (Å²) in [6, 6.07) is 16.4. The van der Waals surface area contributed by atoms with E-state index in [1.807, 2.05) is 36.7 Å². The Balaban J connectivity index is 1.60. The first-order valence-corrected chi connectivity index (χ1v) is 7.74. The fraction of sp³-hybridized carbons (Fsp3) is 0. The summed E-state index contributed by atoms with van der Waals surface area (Å²) in [4.78, 5) is 8.30. The van der Waals surface area contributed by atoms with Crippen LogP contribution in [0.2, 0.25) is 0 Å². The number of aromatic nitrogens is 4. The molecule has 0 saturated heterocycles. The van der Waals surface area contributed by atoms with E-state index in [2.05, 4.69) is 68.2 Å². The molecule has 0 aliphatic heterocycles. The van der Waals surface area contributed by atoms with Crippen molar-refractivity contribution in [3.8, 4) is 22.5 Å². The molecule has 0 radical (unpaired) electrons. The molecule has 0 aromatic carbocycles. The highest BCUT2D eigenvalue weighted by molar-refractivity contribution is 5.61. The lowest BCUT2D eigenvalue weighted by molar-refractivity contribution is -0.596. The van der Waals surface area contributed by atoms with Crippen molar-refractivity contribution in [3.63, 3.8) is 0 Å². The number of rotatable bonds is 3. The van der Waals surface area contributed by atoms with Gasteiger partial charge in [-0.05, 0) is 23.3 Å². The number of hydrogen-bond acceptors (Lipinski definition) is 2. The molecule has 4 aromatic rings. The summed E-state index contributed by atoms with van der Waals surface area (Å²) in [6.07, 6.45) is 15.4. The third-order valence-corrected chi connectivity index (χ3v) is 3.88. The highest BCUT2D eigenvalue weighted by Crippen LogP contribution is 2.16. The number of hydrogen-bond donors (Lipinski definition) is 0. The average Bonchev–Trinajstić information content (AvgIpc) is 2.70. The van der Waals surface area contributed by atoms with Crippen LogP contribution >= 0.6 is 0 Å². The van der Waals surface area contributed by atoms with Crippen LogP contribution in [0, 0.1) is 0 Å². The molecule has 0 aliphatic carbocycles. The van der Waals surface area contributed by atoms with Crippen LogP contribution < -0.4 is 9.13 Å². The SMILES string of the molecule is c1cncc(-[n+]2ccc(-c3cc[n+](-c4cccnc4)cc3)cc2)c1. The van der Waals surface area contributed by atoms with Crippen LogP contribution in [0.4, 0.5) is 0 Å². The molecule has 4 aromatic heterocycles. The standard InChI is InChI=1S/C20H16N4/c1-3-19(15-21-9-1)23-11-5-17(6-12-23)18-7-13-24(14-8-18)20-4-2-10-22-16-20/h1-16H/q+2. The maximum atomic E-state index is 4.15. The predicted octanol–water partition coefficient (Wildman–Crippen LogP) is 2.70. The molecular weight excluding hydrogens is 296 g/mol. The van der Waals surface area contributed by atoms with Gasteiger partial charge in [0.05, 0.1) is 12.4 Å². The van der Waals surface area contributed by atoms with Crippen molar-refractivity contribution in [1.29, 1.82) is 0 Å². The Hall–Kier alpha value is -3.40.